The third-order valence-corrected chi connectivity index (χ3v) is 4.06. The molecule has 1 fully saturated rings. The maximum atomic E-state index is 12.7. The Kier molecular flexibility index (Phi) is 5.51. The Morgan fingerprint density at radius 1 is 1.32 bits per heavy atom. The molecule has 1 aliphatic rings. The van der Waals surface area contributed by atoms with E-state index in [2.05, 4.69) is 5.32 Å². The fourth-order valence-electron chi connectivity index (χ4n) is 2.66. The second kappa shape index (κ2) is 7.18. The number of rotatable bonds is 2. The number of furan rings is 1. The first-order chi connectivity index (χ1) is 10.2. The van der Waals surface area contributed by atoms with Gasteiger partial charge in [0.05, 0.1) is 6.04 Å². The van der Waals surface area contributed by atoms with Crippen molar-refractivity contribution in [2.75, 3.05) is 19.6 Å². The molecule has 0 bridgehead atoms. The molecule has 118 valence electrons. The summed E-state index contributed by atoms with van der Waals surface area (Å²) in [7, 11) is 0. The number of aryl methyl sites for hydroxylation is 1. The van der Waals surface area contributed by atoms with Crippen LogP contribution in [-0.2, 0) is 0 Å². The normalized spacial score (nSPS) is 17.9. The summed E-state index contributed by atoms with van der Waals surface area (Å²) in [6, 6.07) is 11.1. The molecule has 1 unspecified atom stereocenters. The molecule has 2 heterocycles. The Bertz CT molecular complexity index is 657. The molecule has 0 aliphatic carbocycles. The van der Waals surface area contributed by atoms with Crippen molar-refractivity contribution in [3.63, 3.8) is 0 Å². The third-order valence-electron chi connectivity index (χ3n) is 3.72. The third kappa shape index (κ3) is 3.29. The molecule has 1 saturated heterocycles. The van der Waals surface area contributed by atoms with Crippen LogP contribution >= 0.6 is 24.0 Å². The first-order valence-electron chi connectivity index (χ1n) is 6.99. The lowest BCUT2D eigenvalue weighted by Crippen LogP contribution is -2.48. The Morgan fingerprint density at radius 2 is 2.09 bits per heavy atom. The summed E-state index contributed by atoms with van der Waals surface area (Å²) >= 11 is 6.29. The van der Waals surface area contributed by atoms with E-state index >= 15 is 0 Å². The quantitative estimate of drug-likeness (QED) is 0.910. The standard InChI is InChI=1S/C16H17ClN2O2.ClH/c1-11-6-7-15(21-11)16(20)19-9-8-18-10-14(19)12-4-2-3-5-13(12)17;/h2-7,14,18H,8-10H2,1H3;1H. The number of halogens is 2. The monoisotopic (exact) mass is 340 g/mol. The molecule has 0 saturated carbocycles. The Morgan fingerprint density at radius 3 is 2.77 bits per heavy atom. The van der Waals surface area contributed by atoms with Crippen molar-refractivity contribution < 1.29 is 9.21 Å². The van der Waals surface area contributed by atoms with Gasteiger partial charge in [-0.25, -0.2) is 0 Å². The van der Waals surface area contributed by atoms with Gasteiger partial charge in [0, 0.05) is 24.7 Å². The van der Waals surface area contributed by atoms with Crippen LogP contribution in [0, 0.1) is 6.92 Å². The van der Waals surface area contributed by atoms with E-state index in [4.69, 9.17) is 16.0 Å². The second-order valence-corrected chi connectivity index (χ2v) is 5.56. The van der Waals surface area contributed by atoms with Crippen molar-refractivity contribution in [1.82, 2.24) is 10.2 Å². The van der Waals surface area contributed by atoms with Gasteiger partial charge in [-0.2, -0.15) is 0 Å². The molecular weight excluding hydrogens is 323 g/mol. The molecular formula is C16H18Cl2N2O2. The highest BCUT2D eigenvalue weighted by Gasteiger charge is 2.31. The van der Waals surface area contributed by atoms with Crippen molar-refractivity contribution >= 4 is 29.9 Å². The van der Waals surface area contributed by atoms with Gasteiger partial charge >= 0.3 is 0 Å². The zero-order valence-corrected chi connectivity index (χ0v) is 13.8. The van der Waals surface area contributed by atoms with Crippen LogP contribution < -0.4 is 5.32 Å². The molecule has 1 N–H and O–H groups in total. The fraction of sp³-hybridized carbons (Fsp3) is 0.312. The lowest BCUT2D eigenvalue weighted by Gasteiger charge is -2.36. The summed E-state index contributed by atoms with van der Waals surface area (Å²) in [5.74, 6) is 1.03. The van der Waals surface area contributed by atoms with E-state index in [9.17, 15) is 4.79 Å². The number of nitrogens with zero attached hydrogens (tertiary/aromatic N) is 1. The molecule has 1 atom stereocenters. The van der Waals surface area contributed by atoms with E-state index in [1.165, 1.54) is 0 Å². The zero-order valence-electron chi connectivity index (χ0n) is 12.2. The number of piperazine rings is 1. The highest BCUT2D eigenvalue weighted by Crippen LogP contribution is 2.29. The molecule has 1 aliphatic heterocycles. The van der Waals surface area contributed by atoms with Gasteiger partial charge in [0.15, 0.2) is 5.76 Å². The molecule has 6 heteroatoms. The minimum Gasteiger partial charge on any atom is -0.456 e. The highest BCUT2D eigenvalue weighted by molar-refractivity contribution is 6.31. The van der Waals surface area contributed by atoms with Crippen LogP contribution in [0.25, 0.3) is 0 Å². The average Bonchev–Trinajstić information content (AvgIpc) is 2.94. The van der Waals surface area contributed by atoms with Crippen LogP contribution in [-0.4, -0.2) is 30.4 Å². The van der Waals surface area contributed by atoms with Crippen LogP contribution in [0.2, 0.25) is 5.02 Å². The molecule has 22 heavy (non-hydrogen) atoms. The minimum absolute atomic E-state index is 0. The topological polar surface area (TPSA) is 45.5 Å². The Hall–Kier alpha value is -1.49. The average molecular weight is 341 g/mol. The number of carbonyl (C=O) groups is 1. The maximum Gasteiger partial charge on any atom is 0.290 e. The first kappa shape index (κ1) is 16.9. The molecule has 3 rings (SSSR count). The summed E-state index contributed by atoms with van der Waals surface area (Å²) in [4.78, 5) is 14.5. The van der Waals surface area contributed by atoms with Crippen molar-refractivity contribution in [2.24, 2.45) is 0 Å². The number of nitrogens with one attached hydrogen (secondary N) is 1. The van der Waals surface area contributed by atoms with Crippen molar-refractivity contribution in [2.45, 2.75) is 13.0 Å². The lowest BCUT2D eigenvalue weighted by molar-refractivity contribution is 0.0600. The van der Waals surface area contributed by atoms with Gasteiger partial charge in [-0.1, -0.05) is 29.8 Å². The van der Waals surface area contributed by atoms with E-state index in [1.807, 2.05) is 36.1 Å². The van der Waals surface area contributed by atoms with Crippen LogP contribution in [0.1, 0.15) is 27.9 Å². The number of benzene rings is 1. The van der Waals surface area contributed by atoms with Gasteiger partial charge in [0.2, 0.25) is 0 Å². The van der Waals surface area contributed by atoms with E-state index in [1.54, 1.807) is 12.1 Å². The van der Waals surface area contributed by atoms with E-state index in [-0.39, 0.29) is 24.4 Å². The van der Waals surface area contributed by atoms with Gasteiger partial charge < -0.3 is 14.6 Å². The molecule has 0 spiro atoms. The van der Waals surface area contributed by atoms with Crippen molar-refractivity contribution in [3.05, 3.63) is 58.5 Å². The van der Waals surface area contributed by atoms with E-state index in [0.29, 0.717) is 23.9 Å². The SMILES string of the molecule is Cc1ccc(C(=O)N2CCNCC2c2ccccc2Cl)o1.Cl. The van der Waals surface area contributed by atoms with Gasteiger partial charge in [0.1, 0.15) is 5.76 Å². The summed E-state index contributed by atoms with van der Waals surface area (Å²) in [6.45, 7) is 3.93. The second-order valence-electron chi connectivity index (χ2n) is 5.15. The van der Waals surface area contributed by atoms with Gasteiger partial charge in [0.25, 0.3) is 5.91 Å². The smallest absolute Gasteiger partial charge is 0.290 e. The Balaban J connectivity index is 0.00000176. The zero-order chi connectivity index (χ0) is 14.8. The number of amides is 1. The van der Waals surface area contributed by atoms with Crippen molar-refractivity contribution in [3.8, 4) is 0 Å². The van der Waals surface area contributed by atoms with Crippen LogP contribution in [0.5, 0.6) is 0 Å². The maximum absolute atomic E-state index is 12.7. The van der Waals surface area contributed by atoms with Gasteiger partial charge in [-0.3, -0.25) is 4.79 Å². The number of hydrogen-bond donors (Lipinski definition) is 1. The Labute approximate surface area is 140 Å². The summed E-state index contributed by atoms with van der Waals surface area (Å²) < 4.78 is 5.47. The number of carbonyl (C=O) groups excluding carboxylic acids is 1. The molecule has 0 radical (unpaired) electrons. The summed E-state index contributed by atoms with van der Waals surface area (Å²) in [5, 5.41) is 4.00. The largest absolute Gasteiger partial charge is 0.456 e. The predicted octanol–water partition coefficient (Wildman–Crippen LogP) is 3.45. The molecule has 1 aromatic carbocycles. The van der Waals surface area contributed by atoms with Crippen LogP contribution in [0.3, 0.4) is 0 Å². The van der Waals surface area contributed by atoms with Gasteiger partial charge in [-0.05, 0) is 30.7 Å². The van der Waals surface area contributed by atoms with E-state index < -0.39 is 0 Å². The van der Waals surface area contributed by atoms with Crippen LogP contribution in [0.15, 0.2) is 40.8 Å². The first-order valence-corrected chi connectivity index (χ1v) is 7.37. The highest BCUT2D eigenvalue weighted by atomic mass is 35.5. The fourth-order valence-corrected chi connectivity index (χ4v) is 2.92. The van der Waals surface area contributed by atoms with Gasteiger partial charge in [-0.15, -0.1) is 12.4 Å². The predicted molar refractivity (Wildman–Crippen MR) is 88.8 cm³/mol. The molecule has 1 aromatic heterocycles. The lowest BCUT2D eigenvalue weighted by atomic mass is 10.0. The van der Waals surface area contributed by atoms with Crippen molar-refractivity contribution in [1.29, 1.82) is 0 Å². The van der Waals surface area contributed by atoms with Crippen LogP contribution in [0.4, 0.5) is 0 Å². The van der Waals surface area contributed by atoms with E-state index in [0.717, 1.165) is 17.9 Å². The summed E-state index contributed by atoms with van der Waals surface area (Å²) in [6.07, 6.45) is 0. The molecule has 2 aromatic rings. The summed E-state index contributed by atoms with van der Waals surface area (Å²) in [5.41, 5.74) is 0.961. The number of hydrogen-bond acceptors (Lipinski definition) is 3. The minimum atomic E-state index is -0.0884. The molecule has 1 amide bonds. The molecule has 4 nitrogen and oxygen atoms in total.